The Balaban J connectivity index is 2.33. The second-order valence-corrected chi connectivity index (χ2v) is 3.65. The molecular formula is C8H12N2O2S. The quantitative estimate of drug-likeness (QED) is 0.722. The Morgan fingerprint density at radius 3 is 3.15 bits per heavy atom. The van der Waals surface area contributed by atoms with E-state index in [4.69, 9.17) is 5.73 Å². The van der Waals surface area contributed by atoms with Crippen molar-refractivity contribution < 1.29 is 9.53 Å². The number of nitrogens with zero attached hydrogens (tertiary/aromatic N) is 1. The van der Waals surface area contributed by atoms with Gasteiger partial charge in [-0.05, 0) is 0 Å². The standard InChI is InChI=1S/C8H12N2O2S/c1-12-8(11)5-6(9)4-7-10-2-3-13-7/h2-3,6H,4-5,9H2,1H3. The number of esters is 1. The van der Waals surface area contributed by atoms with E-state index < -0.39 is 0 Å². The lowest BCUT2D eigenvalue weighted by Crippen LogP contribution is -2.26. The van der Waals surface area contributed by atoms with E-state index in [1.54, 1.807) is 17.5 Å². The highest BCUT2D eigenvalue weighted by Crippen LogP contribution is 2.07. The number of aromatic nitrogens is 1. The van der Waals surface area contributed by atoms with E-state index in [0.717, 1.165) is 5.01 Å². The molecule has 0 bridgehead atoms. The van der Waals surface area contributed by atoms with E-state index in [-0.39, 0.29) is 18.4 Å². The van der Waals surface area contributed by atoms with Gasteiger partial charge < -0.3 is 10.5 Å². The molecule has 13 heavy (non-hydrogen) atoms. The Morgan fingerprint density at radius 2 is 2.62 bits per heavy atom. The van der Waals surface area contributed by atoms with E-state index in [9.17, 15) is 4.79 Å². The van der Waals surface area contributed by atoms with Crippen LogP contribution in [0.5, 0.6) is 0 Å². The van der Waals surface area contributed by atoms with E-state index in [2.05, 4.69) is 9.72 Å². The molecule has 1 heterocycles. The Labute approximate surface area is 80.7 Å². The van der Waals surface area contributed by atoms with Crippen LogP contribution in [0.2, 0.25) is 0 Å². The van der Waals surface area contributed by atoms with Crippen molar-refractivity contribution in [3.8, 4) is 0 Å². The smallest absolute Gasteiger partial charge is 0.307 e. The van der Waals surface area contributed by atoms with Crippen LogP contribution < -0.4 is 5.73 Å². The Hall–Kier alpha value is -0.940. The maximum atomic E-state index is 10.8. The molecule has 5 heteroatoms. The summed E-state index contributed by atoms with van der Waals surface area (Å²) in [4.78, 5) is 14.9. The maximum absolute atomic E-state index is 10.8. The summed E-state index contributed by atoms with van der Waals surface area (Å²) in [6, 6.07) is -0.196. The summed E-state index contributed by atoms with van der Waals surface area (Å²) in [5.41, 5.74) is 5.71. The van der Waals surface area contributed by atoms with Crippen LogP contribution in [-0.4, -0.2) is 24.1 Å². The zero-order valence-corrected chi connectivity index (χ0v) is 8.21. The molecule has 0 aliphatic rings. The lowest BCUT2D eigenvalue weighted by molar-refractivity contribution is -0.140. The van der Waals surface area contributed by atoms with Gasteiger partial charge in [0.15, 0.2) is 0 Å². The molecule has 0 aliphatic heterocycles. The largest absolute Gasteiger partial charge is 0.469 e. The molecule has 1 aromatic heterocycles. The number of carbonyl (C=O) groups is 1. The minimum atomic E-state index is -0.274. The second kappa shape index (κ2) is 4.94. The lowest BCUT2D eigenvalue weighted by atomic mass is 10.1. The molecule has 0 aliphatic carbocycles. The van der Waals surface area contributed by atoms with Crippen molar-refractivity contribution in [2.45, 2.75) is 18.9 Å². The first-order chi connectivity index (χ1) is 6.22. The van der Waals surface area contributed by atoms with Crippen LogP contribution in [-0.2, 0) is 16.0 Å². The first kappa shape index (κ1) is 10.1. The Kier molecular flexibility index (Phi) is 3.85. The van der Waals surface area contributed by atoms with Gasteiger partial charge in [0.25, 0.3) is 0 Å². The number of hydrogen-bond donors (Lipinski definition) is 1. The molecule has 72 valence electrons. The fourth-order valence-electron chi connectivity index (χ4n) is 0.948. The van der Waals surface area contributed by atoms with Crippen LogP contribution in [0.15, 0.2) is 11.6 Å². The highest BCUT2D eigenvalue weighted by molar-refractivity contribution is 7.09. The summed E-state index contributed by atoms with van der Waals surface area (Å²) >= 11 is 1.54. The molecule has 1 rings (SSSR count). The topological polar surface area (TPSA) is 65.2 Å². The normalized spacial score (nSPS) is 12.5. The van der Waals surface area contributed by atoms with Gasteiger partial charge in [-0.2, -0.15) is 0 Å². The summed E-state index contributed by atoms with van der Waals surface area (Å²) in [5, 5.41) is 2.84. The average Bonchev–Trinajstić information content (AvgIpc) is 2.56. The van der Waals surface area contributed by atoms with Crippen LogP contribution >= 0.6 is 11.3 Å². The van der Waals surface area contributed by atoms with Gasteiger partial charge in [-0.1, -0.05) is 0 Å². The van der Waals surface area contributed by atoms with Crippen molar-refractivity contribution in [1.82, 2.24) is 4.98 Å². The molecule has 0 aromatic carbocycles. The predicted molar refractivity (Wildman–Crippen MR) is 50.4 cm³/mol. The van der Waals surface area contributed by atoms with E-state index >= 15 is 0 Å². The minimum Gasteiger partial charge on any atom is -0.469 e. The molecule has 0 saturated heterocycles. The van der Waals surface area contributed by atoms with Crippen molar-refractivity contribution in [1.29, 1.82) is 0 Å². The van der Waals surface area contributed by atoms with Gasteiger partial charge in [0, 0.05) is 24.0 Å². The minimum absolute atomic E-state index is 0.196. The van der Waals surface area contributed by atoms with Crippen molar-refractivity contribution in [2.75, 3.05) is 7.11 Å². The molecule has 0 amide bonds. The summed E-state index contributed by atoms with van der Waals surface area (Å²) < 4.78 is 4.50. The number of carbonyl (C=O) groups excluding carboxylic acids is 1. The molecule has 2 N–H and O–H groups in total. The van der Waals surface area contributed by atoms with Gasteiger partial charge in [-0.3, -0.25) is 4.79 Å². The van der Waals surface area contributed by atoms with E-state index in [1.165, 1.54) is 7.11 Å². The van der Waals surface area contributed by atoms with Crippen molar-refractivity contribution in [3.63, 3.8) is 0 Å². The number of thiazole rings is 1. The first-order valence-electron chi connectivity index (χ1n) is 3.93. The fraction of sp³-hybridized carbons (Fsp3) is 0.500. The molecular weight excluding hydrogens is 188 g/mol. The number of methoxy groups -OCH3 is 1. The third-order valence-corrected chi connectivity index (χ3v) is 2.38. The zero-order valence-electron chi connectivity index (χ0n) is 7.40. The summed E-state index contributed by atoms with van der Waals surface area (Å²) in [7, 11) is 1.36. The van der Waals surface area contributed by atoms with Crippen LogP contribution in [0.4, 0.5) is 0 Å². The third kappa shape index (κ3) is 3.52. The molecule has 0 saturated carbocycles. The molecule has 1 unspecified atom stereocenters. The van der Waals surface area contributed by atoms with Gasteiger partial charge in [0.05, 0.1) is 18.5 Å². The van der Waals surface area contributed by atoms with Gasteiger partial charge >= 0.3 is 5.97 Å². The predicted octanol–water partition coefficient (Wildman–Crippen LogP) is 0.576. The van der Waals surface area contributed by atoms with Crippen LogP contribution in [0.3, 0.4) is 0 Å². The lowest BCUT2D eigenvalue weighted by Gasteiger charge is -2.07. The summed E-state index contributed by atoms with van der Waals surface area (Å²) in [6.07, 6.45) is 2.60. The number of nitrogens with two attached hydrogens (primary N) is 1. The van der Waals surface area contributed by atoms with E-state index in [0.29, 0.717) is 6.42 Å². The number of rotatable bonds is 4. The Morgan fingerprint density at radius 1 is 1.85 bits per heavy atom. The van der Waals surface area contributed by atoms with Crippen LogP contribution in [0.1, 0.15) is 11.4 Å². The zero-order chi connectivity index (χ0) is 9.68. The number of hydrogen-bond acceptors (Lipinski definition) is 5. The SMILES string of the molecule is COC(=O)CC(N)Cc1nccs1. The first-order valence-corrected chi connectivity index (χ1v) is 4.81. The monoisotopic (exact) mass is 200 g/mol. The molecule has 0 radical (unpaired) electrons. The number of ether oxygens (including phenoxy) is 1. The van der Waals surface area contributed by atoms with Crippen molar-refractivity contribution in [2.24, 2.45) is 5.73 Å². The highest BCUT2D eigenvalue weighted by Gasteiger charge is 2.11. The molecule has 4 nitrogen and oxygen atoms in total. The third-order valence-electron chi connectivity index (χ3n) is 1.58. The van der Waals surface area contributed by atoms with Crippen molar-refractivity contribution in [3.05, 3.63) is 16.6 Å². The van der Waals surface area contributed by atoms with Crippen molar-refractivity contribution >= 4 is 17.3 Å². The van der Waals surface area contributed by atoms with E-state index in [1.807, 2.05) is 5.38 Å². The second-order valence-electron chi connectivity index (χ2n) is 2.67. The summed E-state index contributed by atoms with van der Waals surface area (Å²) in [6.45, 7) is 0. The molecule has 1 aromatic rings. The van der Waals surface area contributed by atoms with Gasteiger partial charge in [-0.25, -0.2) is 4.98 Å². The van der Waals surface area contributed by atoms with Crippen LogP contribution in [0, 0.1) is 0 Å². The van der Waals surface area contributed by atoms with Crippen LogP contribution in [0.25, 0.3) is 0 Å². The van der Waals surface area contributed by atoms with Gasteiger partial charge in [0.1, 0.15) is 0 Å². The highest BCUT2D eigenvalue weighted by atomic mass is 32.1. The molecule has 1 atom stereocenters. The summed E-state index contributed by atoms with van der Waals surface area (Å²) in [5.74, 6) is -0.274. The van der Waals surface area contributed by atoms with Gasteiger partial charge in [-0.15, -0.1) is 11.3 Å². The van der Waals surface area contributed by atoms with Gasteiger partial charge in [0.2, 0.25) is 0 Å². The average molecular weight is 200 g/mol. The fourth-order valence-corrected chi connectivity index (χ4v) is 1.66. The maximum Gasteiger partial charge on any atom is 0.307 e. The Bertz CT molecular complexity index is 261. The molecule has 0 fully saturated rings. The molecule has 0 spiro atoms.